The molecular weight excluding hydrogens is 309 g/mol. The number of benzene rings is 1. The van der Waals surface area contributed by atoms with E-state index in [1.54, 1.807) is 12.1 Å². The molecule has 0 amide bonds. The predicted octanol–water partition coefficient (Wildman–Crippen LogP) is 3.70. The van der Waals surface area contributed by atoms with Gasteiger partial charge in [0.15, 0.2) is 0 Å². The van der Waals surface area contributed by atoms with Gasteiger partial charge in [0.05, 0.1) is 0 Å². The summed E-state index contributed by atoms with van der Waals surface area (Å²) in [5.74, 6) is -1.26. The van der Waals surface area contributed by atoms with Crippen molar-refractivity contribution in [3.63, 3.8) is 0 Å². The van der Waals surface area contributed by atoms with E-state index in [-0.39, 0.29) is 20.8 Å². The van der Waals surface area contributed by atoms with Crippen LogP contribution in [0.5, 0.6) is 0 Å². The summed E-state index contributed by atoms with van der Waals surface area (Å²) in [7, 11) is 0. The monoisotopic (exact) mass is 315 g/mol. The molecule has 19 heavy (non-hydrogen) atoms. The van der Waals surface area contributed by atoms with E-state index in [0.717, 1.165) is 5.56 Å². The SMILES string of the molecule is Cc1ccccc1NC1=C(Cl)C(=O)C(Cl)=C(Cl)C1=O. The first-order chi connectivity index (χ1) is 8.93. The fraction of sp³-hybridized carbons (Fsp3) is 0.0769. The van der Waals surface area contributed by atoms with Crippen LogP contribution >= 0.6 is 34.8 Å². The van der Waals surface area contributed by atoms with Gasteiger partial charge in [0.1, 0.15) is 20.8 Å². The minimum Gasteiger partial charge on any atom is -0.351 e. The maximum Gasteiger partial charge on any atom is 0.223 e. The van der Waals surface area contributed by atoms with Gasteiger partial charge in [0.2, 0.25) is 11.6 Å². The largest absolute Gasteiger partial charge is 0.351 e. The van der Waals surface area contributed by atoms with Crippen molar-refractivity contribution < 1.29 is 9.59 Å². The van der Waals surface area contributed by atoms with E-state index >= 15 is 0 Å². The summed E-state index contributed by atoms with van der Waals surface area (Å²) in [5.41, 5.74) is 1.51. The number of Topliss-reactive ketones (excluding diaryl/α,β-unsaturated/α-hetero) is 2. The molecule has 1 aromatic carbocycles. The fourth-order valence-electron chi connectivity index (χ4n) is 1.58. The first kappa shape index (κ1) is 14.1. The number of halogens is 3. The number of ketones is 2. The maximum absolute atomic E-state index is 12.0. The van der Waals surface area contributed by atoms with Crippen molar-refractivity contribution in [2.45, 2.75) is 6.92 Å². The molecule has 0 bridgehead atoms. The van der Waals surface area contributed by atoms with Gasteiger partial charge in [0.25, 0.3) is 0 Å². The van der Waals surface area contributed by atoms with Crippen molar-refractivity contribution in [3.05, 3.63) is 50.6 Å². The van der Waals surface area contributed by atoms with E-state index in [1.807, 2.05) is 19.1 Å². The van der Waals surface area contributed by atoms with Gasteiger partial charge in [-0.15, -0.1) is 0 Å². The van der Waals surface area contributed by atoms with Crippen molar-refractivity contribution in [2.24, 2.45) is 0 Å². The van der Waals surface area contributed by atoms with E-state index in [4.69, 9.17) is 34.8 Å². The Hall–Kier alpha value is -1.29. The number of aryl methyl sites for hydroxylation is 1. The van der Waals surface area contributed by atoms with Crippen molar-refractivity contribution in [1.29, 1.82) is 0 Å². The second-order valence-electron chi connectivity index (χ2n) is 3.92. The standard InChI is InChI=1S/C13H8Cl3NO2/c1-6-4-2-3-5-7(6)17-11-10(16)12(18)8(14)9(15)13(11)19/h2-5,17H,1H3. The molecule has 0 heterocycles. The molecule has 0 spiro atoms. The zero-order valence-electron chi connectivity index (χ0n) is 9.76. The summed E-state index contributed by atoms with van der Waals surface area (Å²) in [6.45, 7) is 1.86. The van der Waals surface area contributed by atoms with Crippen LogP contribution in [0.3, 0.4) is 0 Å². The summed E-state index contributed by atoms with van der Waals surface area (Å²) in [4.78, 5) is 23.7. The van der Waals surface area contributed by atoms with Crippen molar-refractivity contribution in [3.8, 4) is 0 Å². The highest BCUT2D eigenvalue weighted by Crippen LogP contribution is 2.32. The van der Waals surface area contributed by atoms with Crippen LogP contribution in [-0.2, 0) is 9.59 Å². The van der Waals surface area contributed by atoms with Crippen LogP contribution in [-0.4, -0.2) is 11.6 Å². The Bertz CT molecular complexity index is 647. The number of para-hydroxylation sites is 1. The Morgan fingerprint density at radius 2 is 1.47 bits per heavy atom. The molecule has 1 N–H and O–H groups in total. The third kappa shape index (κ3) is 2.54. The Labute approximate surface area is 124 Å². The molecular formula is C13H8Cl3NO2. The summed E-state index contributed by atoms with van der Waals surface area (Å²) in [5, 5.41) is 1.89. The number of rotatable bonds is 2. The lowest BCUT2D eigenvalue weighted by atomic mass is 10.1. The Kier molecular flexibility index (Phi) is 3.99. The van der Waals surface area contributed by atoms with Crippen LogP contribution in [0, 0.1) is 6.92 Å². The Balaban J connectivity index is 2.43. The first-order valence-corrected chi connectivity index (χ1v) is 6.44. The highest BCUT2D eigenvalue weighted by Gasteiger charge is 2.32. The van der Waals surface area contributed by atoms with Gasteiger partial charge in [-0.2, -0.15) is 0 Å². The topological polar surface area (TPSA) is 46.2 Å². The molecule has 1 aromatic rings. The summed E-state index contributed by atoms with van der Waals surface area (Å²) in [6, 6.07) is 7.27. The zero-order chi connectivity index (χ0) is 14.2. The second-order valence-corrected chi connectivity index (χ2v) is 5.05. The average Bonchev–Trinajstić information content (AvgIpc) is 2.41. The van der Waals surface area contributed by atoms with Gasteiger partial charge < -0.3 is 5.32 Å². The van der Waals surface area contributed by atoms with Gasteiger partial charge in [-0.05, 0) is 18.6 Å². The summed E-state index contributed by atoms with van der Waals surface area (Å²) < 4.78 is 0. The molecule has 0 saturated carbocycles. The minimum absolute atomic E-state index is 0.0598. The van der Waals surface area contributed by atoms with Crippen molar-refractivity contribution >= 4 is 52.1 Å². The van der Waals surface area contributed by atoms with E-state index in [1.165, 1.54) is 0 Å². The minimum atomic E-state index is -0.663. The van der Waals surface area contributed by atoms with E-state index < -0.39 is 11.6 Å². The van der Waals surface area contributed by atoms with Gasteiger partial charge in [-0.25, -0.2) is 0 Å². The van der Waals surface area contributed by atoms with Gasteiger partial charge in [-0.1, -0.05) is 53.0 Å². The number of hydrogen-bond acceptors (Lipinski definition) is 3. The molecule has 0 fully saturated rings. The van der Waals surface area contributed by atoms with E-state index in [2.05, 4.69) is 5.32 Å². The molecule has 1 aliphatic rings. The highest BCUT2D eigenvalue weighted by molar-refractivity contribution is 6.64. The fourth-order valence-corrected chi connectivity index (χ4v) is 2.21. The quantitative estimate of drug-likeness (QED) is 0.846. The Morgan fingerprint density at radius 3 is 2.11 bits per heavy atom. The Morgan fingerprint density at radius 1 is 0.895 bits per heavy atom. The van der Waals surface area contributed by atoms with Crippen LogP contribution in [0.4, 0.5) is 5.69 Å². The smallest absolute Gasteiger partial charge is 0.223 e. The molecule has 1 aliphatic carbocycles. The lowest BCUT2D eigenvalue weighted by molar-refractivity contribution is -0.115. The molecule has 0 aliphatic heterocycles. The van der Waals surface area contributed by atoms with Crippen LogP contribution in [0.2, 0.25) is 0 Å². The maximum atomic E-state index is 12.0. The van der Waals surface area contributed by atoms with Crippen LogP contribution in [0.25, 0.3) is 0 Å². The zero-order valence-corrected chi connectivity index (χ0v) is 12.0. The van der Waals surface area contributed by atoms with Crippen molar-refractivity contribution in [2.75, 3.05) is 5.32 Å². The van der Waals surface area contributed by atoms with Crippen LogP contribution in [0.15, 0.2) is 45.1 Å². The first-order valence-electron chi connectivity index (χ1n) is 5.30. The number of carbonyl (C=O) groups is 2. The van der Waals surface area contributed by atoms with Gasteiger partial charge in [0, 0.05) is 5.69 Å². The molecule has 0 radical (unpaired) electrons. The summed E-state index contributed by atoms with van der Waals surface area (Å²) >= 11 is 17.2. The molecule has 6 heteroatoms. The van der Waals surface area contributed by atoms with E-state index in [9.17, 15) is 9.59 Å². The number of carbonyl (C=O) groups excluding carboxylic acids is 2. The normalized spacial score (nSPS) is 16.2. The van der Waals surface area contributed by atoms with Gasteiger partial charge in [-0.3, -0.25) is 9.59 Å². The third-order valence-corrected chi connectivity index (χ3v) is 3.82. The molecule has 98 valence electrons. The van der Waals surface area contributed by atoms with Crippen LogP contribution < -0.4 is 5.32 Å². The number of allylic oxidation sites excluding steroid dienone is 3. The van der Waals surface area contributed by atoms with Gasteiger partial charge >= 0.3 is 0 Å². The van der Waals surface area contributed by atoms with Crippen LogP contribution in [0.1, 0.15) is 5.56 Å². The molecule has 0 atom stereocenters. The molecule has 3 nitrogen and oxygen atoms in total. The lowest BCUT2D eigenvalue weighted by Gasteiger charge is -2.17. The van der Waals surface area contributed by atoms with Crippen molar-refractivity contribution in [1.82, 2.24) is 0 Å². The summed E-state index contributed by atoms with van der Waals surface area (Å²) in [6.07, 6.45) is 0. The lowest BCUT2D eigenvalue weighted by Crippen LogP contribution is -2.22. The molecule has 0 unspecified atom stereocenters. The number of hydrogen-bond donors (Lipinski definition) is 1. The molecule has 0 aromatic heterocycles. The predicted molar refractivity (Wildman–Crippen MR) is 76.4 cm³/mol. The van der Waals surface area contributed by atoms with E-state index in [0.29, 0.717) is 5.69 Å². The number of anilines is 1. The molecule has 0 saturated heterocycles. The number of nitrogens with one attached hydrogen (secondary N) is 1. The third-order valence-electron chi connectivity index (χ3n) is 2.64. The second kappa shape index (κ2) is 5.37. The average molecular weight is 317 g/mol. The highest BCUT2D eigenvalue weighted by atomic mass is 35.5. The molecule has 2 rings (SSSR count).